The van der Waals surface area contributed by atoms with E-state index < -0.39 is 11.9 Å². The Bertz CT molecular complexity index is 1310. The molecule has 8 nitrogen and oxygen atoms in total. The average molecular weight is 486 g/mol. The number of benzene rings is 3. The number of rotatable bonds is 8. The van der Waals surface area contributed by atoms with Crippen LogP contribution in [0.3, 0.4) is 0 Å². The van der Waals surface area contributed by atoms with E-state index in [9.17, 15) is 28.8 Å². The molecule has 3 aromatic rings. The summed E-state index contributed by atoms with van der Waals surface area (Å²) in [5.74, 6) is -2.46. The number of ketones is 4. The van der Waals surface area contributed by atoms with Gasteiger partial charge >= 0.3 is 11.9 Å². The van der Waals surface area contributed by atoms with Crippen LogP contribution in [0.2, 0.25) is 0 Å². The van der Waals surface area contributed by atoms with E-state index in [4.69, 9.17) is 9.47 Å². The van der Waals surface area contributed by atoms with E-state index in [2.05, 4.69) is 0 Å². The SMILES string of the molecule is CC(=O)c1ccc(C(=O)Oc2ccc(OC(=O)c3ccc(C(C)=O)c(C(C)=O)c3)cc2)cc1C(C)=O. The Balaban J connectivity index is 1.73. The van der Waals surface area contributed by atoms with Gasteiger partial charge in [0.2, 0.25) is 0 Å². The Morgan fingerprint density at radius 3 is 1.03 bits per heavy atom. The molecule has 0 radical (unpaired) electrons. The van der Waals surface area contributed by atoms with Gasteiger partial charge in [-0.2, -0.15) is 0 Å². The molecule has 36 heavy (non-hydrogen) atoms. The van der Waals surface area contributed by atoms with Crippen molar-refractivity contribution in [2.75, 3.05) is 0 Å². The minimum atomic E-state index is -0.736. The Morgan fingerprint density at radius 1 is 0.444 bits per heavy atom. The van der Waals surface area contributed by atoms with E-state index in [1.165, 1.54) is 88.4 Å². The summed E-state index contributed by atoms with van der Waals surface area (Å²) in [5.41, 5.74) is 0.882. The van der Waals surface area contributed by atoms with Crippen molar-refractivity contribution in [3.8, 4) is 11.5 Å². The van der Waals surface area contributed by atoms with Crippen molar-refractivity contribution in [1.82, 2.24) is 0 Å². The van der Waals surface area contributed by atoms with E-state index in [-0.39, 0.29) is 68.0 Å². The number of ether oxygens (including phenoxy) is 2. The summed E-state index contributed by atoms with van der Waals surface area (Å²) in [6.07, 6.45) is 0. The molecule has 0 saturated heterocycles. The van der Waals surface area contributed by atoms with E-state index in [1.807, 2.05) is 0 Å². The molecule has 0 aliphatic carbocycles. The lowest BCUT2D eigenvalue weighted by Crippen LogP contribution is -2.13. The molecule has 0 atom stereocenters. The van der Waals surface area contributed by atoms with Crippen molar-refractivity contribution in [1.29, 1.82) is 0 Å². The van der Waals surface area contributed by atoms with E-state index in [0.29, 0.717) is 0 Å². The molecule has 3 aromatic carbocycles. The van der Waals surface area contributed by atoms with Gasteiger partial charge in [0, 0.05) is 22.3 Å². The van der Waals surface area contributed by atoms with Crippen molar-refractivity contribution in [3.63, 3.8) is 0 Å². The molecule has 0 aliphatic rings. The number of Topliss-reactive ketones (excluding diaryl/α,β-unsaturated/α-hetero) is 4. The molecule has 0 bridgehead atoms. The fourth-order valence-corrected chi connectivity index (χ4v) is 3.45. The topological polar surface area (TPSA) is 121 Å². The second-order valence-corrected chi connectivity index (χ2v) is 8.00. The van der Waals surface area contributed by atoms with Gasteiger partial charge in [0.05, 0.1) is 11.1 Å². The smallest absolute Gasteiger partial charge is 0.343 e. The van der Waals surface area contributed by atoms with Crippen LogP contribution in [0.4, 0.5) is 0 Å². The van der Waals surface area contributed by atoms with Crippen LogP contribution in [0, 0.1) is 0 Å². The van der Waals surface area contributed by atoms with Crippen LogP contribution in [-0.2, 0) is 0 Å². The molecule has 0 heterocycles. The lowest BCUT2D eigenvalue weighted by molar-refractivity contribution is 0.0719. The minimum absolute atomic E-state index is 0.0935. The number of esters is 2. The zero-order valence-electron chi connectivity index (χ0n) is 20.0. The number of hydrogen-bond acceptors (Lipinski definition) is 8. The van der Waals surface area contributed by atoms with Gasteiger partial charge in [-0.05, 0) is 88.4 Å². The van der Waals surface area contributed by atoms with Crippen LogP contribution in [0.15, 0.2) is 60.7 Å². The first kappa shape index (κ1) is 25.9. The van der Waals surface area contributed by atoms with Crippen LogP contribution in [0.25, 0.3) is 0 Å². The molecule has 0 N–H and O–H groups in total. The highest BCUT2D eigenvalue weighted by Gasteiger charge is 2.18. The fourth-order valence-electron chi connectivity index (χ4n) is 3.45. The highest BCUT2D eigenvalue weighted by atomic mass is 16.5. The van der Waals surface area contributed by atoms with Gasteiger partial charge in [0.25, 0.3) is 0 Å². The summed E-state index contributed by atoms with van der Waals surface area (Å²) in [6, 6.07) is 13.9. The number of carbonyl (C=O) groups excluding carboxylic acids is 6. The van der Waals surface area contributed by atoms with Gasteiger partial charge in [-0.1, -0.05) is 0 Å². The monoisotopic (exact) mass is 486 g/mol. The van der Waals surface area contributed by atoms with Crippen molar-refractivity contribution in [2.24, 2.45) is 0 Å². The second-order valence-electron chi connectivity index (χ2n) is 8.00. The molecular weight excluding hydrogens is 464 g/mol. The summed E-state index contributed by atoms with van der Waals surface area (Å²) in [5, 5.41) is 0. The predicted molar refractivity (Wildman–Crippen MR) is 129 cm³/mol. The Labute approximate surface area is 206 Å². The molecule has 182 valence electrons. The number of hydrogen-bond donors (Lipinski definition) is 0. The van der Waals surface area contributed by atoms with Crippen LogP contribution >= 0.6 is 0 Å². The lowest BCUT2D eigenvalue weighted by atomic mass is 9.98. The highest BCUT2D eigenvalue weighted by molar-refractivity contribution is 6.09. The summed E-state index contributed by atoms with van der Waals surface area (Å²) < 4.78 is 10.6. The molecule has 0 unspecified atom stereocenters. The third-order valence-electron chi connectivity index (χ3n) is 5.27. The van der Waals surface area contributed by atoms with Gasteiger partial charge in [-0.3, -0.25) is 19.2 Å². The van der Waals surface area contributed by atoms with E-state index in [0.717, 1.165) is 0 Å². The molecule has 3 rings (SSSR count). The highest BCUT2D eigenvalue weighted by Crippen LogP contribution is 2.22. The maximum absolute atomic E-state index is 12.5. The van der Waals surface area contributed by atoms with Gasteiger partial charge in [-0.15, -0.1) is 0 Å². The average Bonchev–Trinajstić information content (AvgIpc) is 2.84. The van der Waals surface area contributed by atoms with E-state index in [1.54, 1.807) is 0 Å². The van der Waals surface area contributed by atoms with Crippen LogP contribution in [-0.4, -0.2) is 35.1 Å². The maximum atomic E-state index is 12.5. The Hall–Kier alpha value is -4.72. The summed E-state index contributed by atoms with van der Waals surface area (Å²) in [7, 11) is 0. The van der Waals surface area contributed by atoms with Gasteiger partial charge in [-0.25, -0.2) is 9.59 Å². The molecule has 8 heteroatoms. The van der Waals surface area contributed by atoms with Crippen LogP contribution in [0.5, 0.6) is 11.5 Å². The number of carbonyl (C=O) groups is 6. The third kappa shape index (κ3) is 5.85. The molecule has 0 fully saturated rings. The molecular formula is C28H22O8. The minimum Gasteiger partial charge on any atom is -0.423 e. The van der Waals surface area contributed by atoms with Gasteiger partial charge < -0.3 is 9.47 Å². The van der Waals surface area contributed by atoms with E-state index >= 15 is 0 Å². The molecule has 0 aromatic heterocycles. The first-order valence-corrected chi connectivity index (χ1v) is 10.8. The standard InChI is InChI=1S/C28H22O8/c1-15(29)23-11-5-19(13-25(23)17(3)31)27(33)35-21-7-9-22(10-8-21)36-28(34)20-6-12-24(16(2)30)26(14-20)18(4)32/h5-14H,1-4H3. The summed E-state index contributed by atoms with van der Waals surface area (Å²) >= 11 is 0. The predicted octanol–water partition coefficient (Wildman–Crippen LogP) is 4.94. The van der Waals surface area contributed by atoms with Crippen molar-refractivity contribution in [3.05, 3.63) is 94.0 Å². The van der Waals surface area contributed by atoms with Crippen LogP contribution in [0.1, 0.15) is 89.8 Å². The van der Waals surface area contributed by atoms with Crippen molar-refractivity contribution < 1.29 is 38.2 Å². The summed E-state index contributed by atoms with van der Waals surface area (Å²) in [6.45, 7) is 5.26. The Kier molecular flexibility index (Phi) is 7.69. The Morgan fingerprint density at radius 2 is 0.750 bits per heavy atom. The van der Waals surface area contributed by atoms with Crippen molar-refractivity contribution >= 4 is 35.1 Å². The normalized spacial score (nSPS) is 10.3. The largest absolute Gasteiger partial charge is 0.423 e. The molecule has 0 amide bonds. The fraction of sp³-hybridized carbons (Fsp3) is 0.143. The first-order valence-electron chi connectivity index (χ1n) is 10.8. The molecule has 0 spiro atoms. The second kappa shape index (κ2) is 10.7. The molecule has 0 aliphatic heterocycles. The quantitative estimate of drug-likeness (QED) is 0.249. The molecule has 0 saturated carbocycles. The third-order valence-corrected chi connectivity index (χ3v) is 5.27. The lowest BCUT2D eigenvalue weighted by Gasteiger charge is -2.10. The zero-order chi connectivity index (χ0) is 26.6. The van der Waals surface area contributed by atoms with Gasteiger partial charge in [0.15, 0.2) is 23.1 Å². The summed E-state index contributed by atoms with van der Waals surface area (Å²) in [4.78, 5) is 72.1. The zero-order valence-corrected chi connectivity index (χ0v) is 20.0. The van der Waals surface area contributed by atoms with Crippen LogP contribution < -0.4 is 9.47 Å². The first-order chi connectivity index (χ1) is 17.0. The maximum Gasteiger partial charge on any atom is 0.343 e. The van der Waals surface area contributed by atoms with Crippen molar-refractivity contribution in [2.45, 2.75) is 27.7 Å². The van der Waals surface area contributed by atoms with Gasteiger partial charge in [0.1, 0.15) is 11.5 Å².